The Bertz CT molecular complexity index is 443. The van der Waals surface area contributed by atoms with Crippen molar-refractivity contribution in [3.63, 3.8) is 0 Å². The van der Waals surface area contributed by atoms with Crippen molar-refractivity contribution in [1.29, 1.82) is 0 Å². The SMILES string of the molecule is CN(C)CCCNC(=O)NCC(C)(C)c1ccc(Cl)cc1. The topological polar surface area (TPSA) is 44.4 Å². The highest BCUT2D eigenvalue weighted by Gasteiger charge is 2.21. The number of urea groups is 1. The molecule has 1 aromatic rings. The monoisotopic (exact) mass is 311 g/mol. The lowest BCUT2D eigenvalue weighted by Gasteiger charge is -2.25. The van der Waals surface area contributed by atoms with Crippen molar-refractivity contribution in [2.24, 2.45) is 0 Å². The van der Waals surface area contributed by atoms with Crippen LogP contribution in [0.2, 0.25) is 5.02 Å². The summed E-state index contributed by atoms with van der Waals surface area (Å²) in [6.45, 7) is 6.43. The molecule has 0 aliphatic rings. The van der Waals surface area contributed by atoms with Gasteiger partial charge in [0.05, 0.1) is 0 Å². The fourth-order valence-corrected chi connectivity index (χ4v) is 2.09. The second kappa shape index (κ2) is 8.25. The minimum atomic E-state index is -0.133. The van der Waals surface area contributed by atoms with Gasteiger partial charge in [0.1, 0.15) is 0 Å². The molecule has 1 aromatic carbocycles. The van der Waals surface area contributed by atoms with Crippen molar-refractivity contribution in [3.8, 4) is 0 Å². The Morgan fingerprint density at radius 1 is 1.19 bits per heavy atom. The van der Waals surface area contributed by atoms with E-state index in [1.165, 1.54) is 0 Å². The highest BCUT2D eigenvalue weighted by molar-refractivity contribution is 6.30. The van der Waals surface area contributed by atoms with Crippen LogP contribution in [0.25, 0.3) is 0 Å². The van der Waals surface area contributed by atoms with Gasteiger partial charge in [-0.3, -0.25) is 0 Å². The van der Waals surface area contributed by atoms with E-state index in [1.807, 2.05) is 38.4 Å². The minimum Gasteiger partial charge on any atom is -0.338 e. The number of carbonyl (C=O) groups excluding carboxylic acids is 1. The zero-order valence-electron chi connectivity index (χ0n) is 13.4. The minimum absolute atomic E-state index is 0.115. The highest BCUT2D eigenvalue weighted by Crippen LogP contribution is 2.23. The van der Waals surface area contributed by atoms with E-state index in [0.29, 0.717) is 13.1 Å². The molecule has 0 aliphatic carbocycles. The van der Waals surface area contributed by atoms with Gasteiger partial charge in [0.15, 0.2) is 0 Å². The number of hydrogen-bond donors (Lipinski definition) is 2. The highest BCUT2D eigenvalue weighted by atomic mass is 35.5. The van der Waals surface area contributed by atoms with Gasteiger partial charge in [-0.25, -0.2) is 4.79 Å². The van der Waals surface area contributed by atoms with Crippen molar-refractivity contribution < 1.29 is 4.79 Å². The molecule has 21 heavy (non-hydrogen) atoms. The third-order valence-electron chi connectivity index (χ3n) is 3.38. The second-order valence-corrected chi connectivity index (χ2v) is 6.59. The smallest absolute Gasteiger partial charge is 0.314 e. The van der Waals surface area contributed by atoms with Crippen LogP contribution in [0, 0.1) is 0 Å². The third-order valence-corrected chi connectivity index (χ3v) is 3.64. The van der Waals surface area contributed by atoms with Crippen LogP contribution in [0.15, 0.2) is 24.3 Å². The van der Waals surface area contributed by atoms with Crippen LogP contribution >= 0.6 is 11.6 Å². The number of nitrogens with one attached hydrogen (secondary N) is 2. The summed E-state index contributed by atoms with van der Waals surface area (Å²) >= 11 is 5.90. The van der Waals surface area contributed by atoms with Crippen LogP contribution in [0.4, 0.5) is 4.79 Å². The van der Waals surface area contributed by atoms with Gasteiger partial charge >= 0.3 is 6.03 Å². The lowest BCUT2D eigenvalue weighted by molar-refractivity contribution is 0.237. The van der Waals surface area contributed by atoms with Gasteiger partial charge < -0.3 is 15.5 Å². The van der Waals surface area contributed by atoms with E-state index in [2.05, 4.69) is 29.4 Å². The molecule has 0 saturated heterocycles. The first-order valence-electron chi connectivity index (χ1n) is 7.24. The molecule has 118 valence electrons. The van der Waals surface area contributed by atoms with Gasteiger partial charge in [-0.05, 0) is 44.8 Å². The largest absolute Gasteiger partial charge is 0.338 e. The number of carbonyl (C=O) groups is 1. The number of rotatable bonds is 7. The molecular formula is C16H26ClN3O. The molecule has 0 aromatic heterocycles. The molecule has 0 heterocycles. The summed E-state index contributed by atoms with van der Waals surface area (Å²) in [5, 5.41) is 6.52. The number of nitrogens with zero attached hydrogens (tertiary/aromatic N) is 1. The first kappa shape index (κ1) is 17.8. The van der Waals surface area contributed by atoms with E-state index in [4.69, 9.17) is 11.6 Å². The first-order valence-corrected chi connectivity index (χ1v) is 7.61. The van der Waals surface area contributed by atoms with Crippen molar-refractivity contribution in [2.45, 2.75) is 25.7 Å². The van der Waals surface area contributed by atoms with E-state index >= 15 is 0 Å². The summed E-state index contributed by atoms with van der Waals surface area (Å²) in [7, 11) is 4.05. The lowest BCUT2D eigenvalue weighted by atomic mass is 9.85. The Kier molecular flexibility index (Phi) is 6.99. The maximum absolute atomic E-state index is 11.8. The molecule has 0 saturated carbocycles. The molecular weight excluding hydrogens is 286 g/mol. The van der Waals surface area contributed by atoms with Gasteiger partial charge in [0.2, 0.25) is 0 Å². The molecule has 4 nitrogen and oxygen atoms in total. The fraction of sp³-hybridized carbons (Fsp3) is 0.562. The van der Waals surface area contributed by atoms with Crippen molar-refractivity contribution in [1.82, 2.24) is 15.5 Å². The van der Waals surface area contributed by atoms with Gasteiger partial charge in [0.25, 0.3) is 0 Å². The van der Waals surface area contributed by atoms with E-state index in [1.54, 1.807) is 0 Å². The number of amides is 2. The Morgan fingerprint density at radius 3 is 2.38 bits per heavy atom. The lowest BCUT2D eigenvalue weighted by Crippen LogP contribution is -2.42. The third kappa shape index (κ3) is 6.82. The standard InChI is InChI=1S/C16H26ClN3O/c1-16(2,13-6-8-14(17)9-7-13)12-19-15(21)18-10-5-11-20(3)4/h6-9H,5,10-12H2,1-4H3,(H2,18,19,21). The average molecular weight is 312 g/mol. The molecule has 0 spiro atoms. The Morgan fingerprint density at radius 2 is 1.81 bits per heavy atom. The van der Waals surface area contributed by atoms with Gasteiger partial charge in [-0.2, -0.15) is 0 Å². The zero-order valence-corrected chi connectivity index (χ0v) is 14.1. The number of halogens is 1. The predicted octanol–water partition coefficient (Wildman–Crippen LogP) is 2.87. The molecule has 0 bridgehead atoms. The molecule has 2 amide bonds. The summed E-state index contributed by atoms with van der Waals surface area (Å²) in [5.74, 6) is 0. The number of hydrogen-bond acceptors (Lipinski definition) is 2. The molecule has 0 unspecified atom stereocenters. The van der Waals surface area contributed by atoms with Crippen molar-refractivity contribution in [2.75, 3.05) is 33.7 Å². The van der Waals surface area contributed by atoms with E-state index in [9.17, 15) is 4.79 Å². The maximum Gasteiger partial charge on any atom is 0.314 e. The van der Waals surface area contributed by atoms with Crippen LogP contribution in [-0.2, 0) is 5.41 Å². The molecule has 0 aliphatic heterocycles. The maximum atomic E-state index is 11.8. The summed E-state index contributed by atoms with van der Waals surface area (Å²) in [4.78, 5) is 13.9. The van der Waals surface area contributed by atoms with Crippen LogP contribution in [0.5, 0.6) is 0 Å². The quantitative estimate of drug-likeness (QED) is 0.761. The molecule has 0 atom stereocenters. The summed E-state index contributed by atoms with van der Waals surface area (Å²) in [5.41, 5.74) is 1.02. The van der Waals surface area contributed by atoms with Gasteiger partial charge in [-0.15, -0.1) is 0 Å². The molecule has 2 N–H and O–H groups in total. The average Bonchev–Trinajstić information content (AvgIpc) is 2.42. The number of benzene rings is 1. The van der Waals surface area contributed by atoms with Crippen LogP contribution in [-0.4, -0.2) is 44.7 Å². The molecule has 5 heteroatoms. The van der Waals surface area contributed by atoms with Gasteiger partial charge in [-0.1, -0.05) is 37.6 Å². The Hall–Kier alpha value is -1.26. The predicted molar refractivity (Wildman–Crippen MR) is 89.1 cm³/mol. The fourth-order valence-electron chi connectivity index (χ4n) is 1.96. The molecule has 0 fully saturated rings. The van der Waals surface area contributed by atoms with Crippen LogP contribution in [0.1, 0.15) is 25.8 Å². The summed E-state index contributed by atoms with van der Waals surface area (Å²) < 4.78 is 0. The van der Waals surface area contributed by atoms with Crippen LogP contribution in [0.3, 0.4) is 0 Å². The van der Waals surface area contributed by atoms with Crippen molar-refractivity contribution in [3.05, 3.63) is 34.9 Å². The Balaban J connectivity index is 2.35. The second-order valence-electron chi connectivity index (χ2n) is 6.16. The summed E-state index contributed by atoms with van der Waals surface area (Å²) in [6, 6.07) is 7.63. The summed E-state index contributed by atoms with van der Waals surface area (Å²) in [6.07, 6.45) is 0.945. The van der Waals surface area contributed by atoms with E-state index < -0.39 is 0 Å². The zero-order chi connectivity index (χ0) is 15.9. The molecule has 0 radical (unpaired) electrons. The normalized spacial score (nSPS) is 11.5. The van der Waals surface area contributed by atoms with Crippen molar-refractivity contribution >= 4 is 17.6 Å². The van der Waals surface area contributed by atoms with E-state index in [0.717, 1.165) is 23.6 Å². The van der Waals surface area contributed by atoms with E-state index in [-0.39, 0.29) is 11.4 Å². The Labute approximate surface area is 132 Å². The van der Waals surface area contributed by atoms with Gasteiger partial charge in [0, 0.05) is 23.5 Å². The molecule has 1 rings (SSSR count). The first-order chi connectivity index (χ1) is 9.81. The van der Waals surface area contributed by atoms with Crippen LogP contribution < -0.4 is 10.6 Å².